The molecule has 0 bridgehead atoms. The Morgan fingerprint density at radius 3 is 2.62 bits per heavy atom. The van der Waals surface area contributed by atoms with Gasteiger partial charge in [0.2, 0.25) is 5.91 Å². The van der Waals surface area contributed by atoms with Crippen LogP contribution in [-0.4, -0.2) is 23.2 Å². The minimum atomic E-state index is -0.412. The van der Waals surface area contributed by atoms with Gasteiger partial charge in [-0.25, -0.2) is 0 Å². The molecular formula is C7H13BrN2O3. The van der Waals surface area contributed by atoms with Gasteiger partial charge in [0.25, 0.3) is 0 Å². The molecule has 1 amide bonds. The van der Waals surface area contributed by atoms with Crippen molar-refractivity contribution in [1.82, 2.24) is 5.48 Å². The van der Waals surface area contributed by atoms with Gasteiger partial charge in [-0.2, -0.15) is 0 Å². The monoisotopic (exact) mass is 252 g/mol. The molecule has 13 heavy (non-hydrogen) atoms. The second-order valence-corrected chi connectivity index (χ2v) is 3.22. The van der Waals surface area contributed by atoms with Gasteiger partial charge < -0.3 is 10.6 Å². The van der Waals surface area contributed by atoms with E-state index in [2.05, 4.69) is 26.2 Å². The first kappa shape index (κ1) is 12.4. The zero-order valence-corrected chi connectivity index (χ0v) is 8.96. The zero-order chi connectivity index (χ0) is 10.3. The van der Waals surface area contributed by atoms with Crippen LogP contribution in [-0.2, 0) is 14.4 Å². The molecule has 76 valence electrons. The van der Waals surface area contributed by atoms with Crippen molar-refractivity contribution in [2.75, 3.05) is 5.33 Å². The third-order valence-electron chi connectivity index (χ3n) is 1.29. The van der Waals surface area contributed by atoms with Crippen LogP contribution >= 0.6 is 15.9 Å². The summed E-state index contributed by atoms with van der Waals surface area (Å²) in [6.07, 6.45) is 0.804. The fraction of sp³-hybridized carbons (Fsp3) is 0.714. The molecule has 0 unspecified atom stereocenters. The Hall–Kier alpha value is -0.620. The standard InChI is InChI=1S/C7H13BrN2O3/c1-5(11)13-10-6(4-8)2-3-7(9)12/h6,10H,2-4H2,1H3,(H2,9,12)/t6-/m0/s1. The van der Waals surface area contributed by atoms with Crippen LogP contribution < -0.4 is 11.2 Å². The maximum absolute atomic E-state index is 10.4. The van der Waals surface area contributed by atoms with Crippen molar-refractivity contribution >= 4 is 27.8 Å². The summed E-state index contributed by atoms with van der Waals surface area (Å²) in [5.74, 6) is -0.777. The maximum Gasteiger partial charge on any atom is 0.321 e. The number of hydroxylamine groups is 1. The number of hydrogen-bond acceptors (Lipinski definition) is 4. The Morgan fingerprint density at radius 2 is 2.23 bits per heavy atom. The number of amides is 1. The molecule has 0 aromatic heterocycles. The Kier molecular flexibility index (Phi) is 6.52. The molecule has 0 rings (SSSR count). The van der Waals surface area contributed by atoms with Crippen molar-refractivity contribution < 1.29 is 14.4 Å². The highest BCUT2D eigenvalue weighted by Gasteiger charge is 2.09. The van der Waals surface area contributed by atoms with Gasteiger partial charge in [-0.15, -0.1) is 5.48 Å². The molecule has 0 aliphatic rings. The number of rotatable bonds is 6. The van der Waals surface area contributed by atoms with Crippen LogP contribution in [0.2, 0.25) is 0 Å². The molecule has 0 aromatic rings. The average molecular weight is 253 g/mol. The van der Waals surface area contributed by atoms with E-state index in [9.17, 15) is 9.59 Å². The summed E-state index contributed by atoms with van der Waals surface area (Å²) in [6, 6.07) is -0.0867. The van der Waals surface area contributed by atoms with Gasteiger partial charge in [0.15, 0.2) is 0 Å². The van der Waals surface area contributed by atoms with Crippen molar-refractivity contribution in [2.45, 2.75) is 25.8 Å². The van der Waals surface area contributed by atoms with Crippen LogP contribution in [0.25, 0.3) is 0 Å². The number of primary amides is 1. The molecular weight excluding hydrogens is 240 g/mol. The van der Waals surface area contributed by atoms with Crippen molar-refractivity contribution in [3.05, 3.63) is 0 Å². The Balaban J connectivity index is 3.63. The summed E-state index contributed by atoms with van der Waals surface area (Å²) in [4.78, 5) is 25.4. The normalized spacial score (nSPS) is 12.2. The predicted molar refractivity (Wildman–Crippen MR) is 50.9 cm³/mol. The fourth-order valence-corrected chi connectivity index (χ4v) is 1.11. The molecule has 0 heterocycles. The van der Waals surface area contributed by atoms with Crippen molar-refractivity contribution in [3.63, 3.8) is 0 Å². The lowest BCUT2D eigenvalue weighted by Crippen LogP contribution is -2.33. The molecule has 0 fully saturated rings. The number of nitrogens with two attached hydrogens (primary N) is 1. The summed E-state index contributed by atoms with van der Waals surface area (Å²) in [5, 5.41) is 0.591. The molecule has 0 aliphatic carbocycles. The number of halogens is 1. The van der Waals surface area contributed by atoms with E-state index in [0.717, 1.165) is 0 Å². The molecule has 0 aromatic carbocycles. The van der Waals surface area contributed by atoms with E-state index in [1.807, 2.05) is 0 Å². The molecule has 6 heteroatoms. The second-order valence-electron chi connectivity index (χ2n) is 2.57. The van der Waals surface area contributed by atoms with Crippen LogP contribution in [0.4, 0.5) is 0 Å². The first-order chi connectivity index (χ1) is 6.06. The van der Waals surface area contributed by atoms with Gasteiger partial charge >= 0.3 is 5.97 Å². The highest BCUT2D eigenvalue weighted by molar-refractivity contribution is 9.09. The van der Waals surface area contributed by atoms with Crippen LogP contribution in [0.15, 0.2) is 0 Å². The number of alkyl halides is 1. The van der Waals surface area contributed by atoms with E-state index in [-0.39, 0.29) is 18.4 Å². The largest absolute Gasteiger partial charge is 0.371 e. The summed E-state index contributed by atoms with van der Waals surface area (Å²) in [7, 11) is 0. The van der Waals surface area contributed by atoms with Crippen molar-refractivity contribution in [2.24, 2.45) is 5.73 Å². The van der Waals surface area contributed by atoms with Gasteiger partial charge in [0.1, 0.15) is 0 Å². The summed E-state index contributed by atoms with van der Waals surface area (Å²) >= 11 is 3.21. The Bertz CT molecular complexity index is 169. The van der Waals surface area contributed by atoms with E-state index >= 15 is 0 Å². The number of nitrogens with one attached hydrogen (secondary N) is 1. The summed E-state index contributed by atoms with van der Waals surface area (Å²) in [5.41, 5.74) is 7.48. The maximum atomic E-state index is 10.4. The molecule has 0 aliphatic heterocycles. The van der Waals surface area contributed by atoms with Gasteiger partial charge in [0, 0.05) is 18.7 Å². The number of carbonyl (C=O) groups excluding carboxylic acids is 2. The minimum absolute atomic E-state index is 0.0867. The first-order valence-electron chi connectivity index (χ1n) is 3.83. The number of hydrogen-bond donors (Lipinski definition) is 2. The van der Waals surface area contributed by atoms with Crippen molar-refractivity contribution in [1.29, 1.82) is 0 Å². The SMILES string of the molecule is CC(=O)ON[C@H](CBr)CCC(N)=O. The fourth-order valence-electron chi connectivity index (χ4n) is 0.650. The van der Waals surface area contributed by atoms with Crippen LogP contribution in [0, 0.1) is 0 Å². The molecule has 0 spiro atoms. The van der Waals surface area contributed by atoms with Crippen molar-refractivity contribution in [3.8, 4) is 0 Å². The van der Waals surface area contributed by atoms with Crippen LogP contribution in [0.1, 0.15) is 19.8 Å². The van der Waals surface area contributed by atoms with Gasteiger partial charge in [-0.1, -0.05) is 15.9 Å². The second kappa shape index (κ2) is 6.85. The molecule has 5 nitrogen and oxygen atoms in total. The minimum Gasteiger partial charge on any atom is -0.371 e. The highest BCUT2D eigenvalue weighted by Crippen LogP contribution is 2.00. The molecule has 3 N–H and O–H groups in total. The number of carbonyl (C=O) groups is 2. The summed E-state index contributed by atoms with van der Waals surface area (Å²) in [6.45, 7) is 1.30. The summed E-state index contributed by atoms with van der Waals surface area (Å²) < 4.78 is 0. The molecule has 0 radical (unpaired) electrons. The third-order valence-corrected chi connectivity index (χ3v) is 2.08. The van der Waals surface area contributed by atoms with Crippen LogP contribution in [0.3, 0.4) is 0 Å². The van der Waals surface area contributed by atoms with Gasteiger partial charge in [0.05, 0.1) is 6.04 Å². The van der Waals surface area contributed by atoms with E-state index in [4.69, 9.17) is 5.73 Å². The lowest BCUT2D eigenvalue weighted by molar-refractivity contribution is -0.149. The van der Waals surface area contributed by atoms with Crippen LogP contribution in [0.5, 0.6) is 0 Å². The zero-order valence-electron chi connectivity index (χ0n) is 7.38. The smallest absolute Gasteiger partial charge is 0.321 e. The van der Waals surface area contributed by atoms with Gasteiger partial charge in [-0.05, 0) is 6.42 Å². The van der Waals surface area contributed by atoms with E-state index in [1.165, 1.54) is 6.92 Å². The lowest BCUT2D eigenvalue weighted by atomic mass is 10.2. The average Bonchev–Trinajstić information content (AvgIpc) is 2.04. The van der Waals surface area contributed by atoms with E-state index in [0.29, 0.717) is 11.8 Å². The highest BCUT2D eigenvalue weighted by atomic mass is 79.9. The van der Waals surface area contributed by atoms with Gasteiger partial charge in [-0.3, -0.25) is 9.59 Å². The lowest BCUT2D eigenvalue weighted by Gasteiger charge is -2.13. The Labute approximate surface area is 85.1 Å². The predicted octanol–water partition coefficient (Wildman–Crippen LogP) is 0.0831. The quantitative estimate of drug-likeness (QED) is 0.519. The van der Waals surface area contributed by atoms with E-state index < -0.39 is 5.97 Å². The molecule has 0 saturated carbocycles. The topological polar surface area (TPSA) is 81.4 Å². The van der Waals surface area contributed by atoms with E-state index in [1.54, 1.807) is 0 Å². The molecule has 1 atom stereocenters. The first-order valence-corrected chi connectivity index (χ1v) is 4.95. The Morgan fingerprint density at radius 1 is 1.62 bits per heavy atom. The third kappa shape index (κ3) is 7.73. The molecule has 0 saturated heterocycles.